The van der Waals surface area contributed by atoms with E-state index in [1.807, 2.05) is 12.1 Å². The fraction of sp³-hybridized carbons (Fsp3) is 0.286. The van der Waals surface area contributed by atoms with Crippen LogP contribution in [0.3, 0.4) is 0 Å². The van der Waals surface area contributed by atoms with Crippen molar-refractivity contribution in [3.05, 3.63) is 65.7 Å². The minimum atomic E-state index is -3.78. The lowest BCUT2D eigenvalue weighted by Crippen LogP contribution is -2.33. The van der Waals surface area contributed by atoms with E-state index in [0.717, 1.165) is 24.3 Å². The average Bonchev–Trinajstić information content (AvgIpc) is 3.36. The smallest absolute Gasteiger partial charge is 0.269 e. The van der Waals surface area contributed by atoms with Crippen LogP contribution in [-0.2, 0) is 16.4 Å². The summed E-state index contributed by atoms with van der Waals surface area (Å²) in [4.78, 5) is 14.5. The Kier molecular flexibility index (Phi) is 6.30. The molecule has 0 saturated heterocycles. The van der Waals surface area contributed by atoms with E-state index in [2.05, 4.69) is 44.2 Å². The second-order valence-electron chi connectivity index (χ2n) is 7.32. The molecule has 1 atom stereocenters. The molecular weight excluding hydrogens is 434 g/mol. The summed E-state index contributed by atoms with van der Waals surface area (Å²) < 4.78 is 27.5. The van der Waals surface area contributed by atoms with E-state index >= 15 is 0 Å². The van der Waals surface area contributed by atoms with E-state index in [-0.39, 0.29) is 15.4 Å². The first-order chi connectivity index (χ1) is 14.9. The molecule has 2 heterocycles. The molecule has 1 aromatic heterocycles. The summed E-state index contributed by atoms with van der Waals surface area (Å²) in [7, 11) is -3.78. The van der Waals surface area contributed by atoms with Gasteiger partial charge in [-0.3, -0.25) is 10.1 Å². The van der Waals surface area contributed by atoms with Gasteiger partial charge < -0.3 is 4.90 Å². The summed E-state index contributed by atoms with van der Waals surface area (Å²) in [5.74, 6) is -0.367. The summed E-state index contributed by atoms with van der Waals surface area (Å²) in [5, 5.41) is 10.2. The SMILES string of the molecule is C[C@@H]1Cc2ccccc2N1CCCNS(=O)(=O)c1nnc(NC(=O)c2ccccc2)s1. The maximum absolute atomic E-state index is 12.5. The van der Waals surface area contributed by atoms with E-state index in [0.29, 0.717) is 24.6 Å². The van der Waals surface area contributed by atoms with E-state index in [1.165, 1.54) is 11.3 Å². The predicted molar refractivity (Wildman–Crippen MR) is 121 cm³/mol. The number of amides is 1. The Morgan fingerprint density at radius 3 is 2.68 bits per heavy atom. The molecule has 0 saturated carbocycles. The van der Waals surface area contributed by atoms with E-state index < -0.39 is 10.0 Å². The van der Waals surface area contributed by atoms with Gasteiger partial charge in [-0.05, 0) is 43.5 Å². The molecule has 0 radical (unpaired) electrons. The number of benzene rings is 2. The molecule has 0 spiro atoms. The van der Waals surface area contributed by atoms with Crippen LogP contribution in [0, 0.1) is 0 Å². The number of hydrogen-bond acceptors (Lipinski definition) is 7. The summed E-state index contributed by atoms with van der Waals surface area (Å²) in [6, 6.07) is 17.3. The maximum atomic E-state index is 12.5. The van der Waals surface area contributed by atoms with Gasteiger partial charge in [-0.2, -0.15) is 0 Å². The zero-order valence-corrected chi connectivity index (χ0v) is 18.6. The third-order valence-corrected chi connectivity index (χ3v) is 7.78. The van der Waals surface area contributed by atoms with Crippen molar-refractivity contribution in [1.29, 1.82) is 0 Å². The fourth-order valence-electron chi connectivity index (χ4n) is 3.62. The number of carbonyl (C=O) groups excluding carboxylic acids is 1. The molecule has 0 aliphatic carbocycles. The molecule has 1 amide bonds. The summed E-state index contributed by atoms with van der Waals surface area (Å²) >= 11 is 0.822. The Morgan fingerprint density at radius 2 is 1.87 bits per heavy atom. The highest BCUT2D eigenvalue weighted by atomic mass is 32.2. The van der Waals surface area contributed by atoms with Crippen LogP contribution in [-0.4, -0.2) is 43.7 Å². The lowest BCUT2D eigenvalue weighted by molar-refractivity contribution is 0.102. The zero-order valence-electron chi connectivity index (χ0n) is 17.0. The Labute approximate surface area is 185 Å². The Bertz CT molecular complexity index is 1160. The van der Waals surface area contributed by atoms with Crippen molar-refractivity contribution >= 4 is 38.1 Å². The van der Waals surface area contributed by atoms with Crippen LogP contribution in [0.5, 0.6) is 0 Å². The fourth-order valence-corrected chi connectivity index (χ4v) is 5.63. The molecule has 162 valence electrons. The summed E-state index contributed by atoms with van der Waals surface area (Å²) in [6.07, 6.45) is 1.67. The minimum absolute atomic E-state index is 0.136. The summed E-state index contributed by atoms with van der Waals surface area (Å²) in [6.45, 7) is 3.23. The quantitative estimate of drug-likeness (QED) is 0.398. The highest BCUT2D eigenvalue weighted by Gasteiger charge is 2.25. The molecule has 4 rings (SSSR count). The molecule has 1 aliphatic heterocycles. The largest absolute Gasteiger partial charge is 0.368 e. The normalized spacial score (nSPS) is 15.6. The number of fused-ring (bicyclic) bond motifs is 1. The first-order valence-corrected chi connectivity index (χ1v) is 12.3. The van der Waals surface area contributed by atoms with Crippen LogP contribution < -0.4 is 14.9 Å². The number of aromatic nitrogens is 2. The van der Waals surface area contributed by atoms with E-state index in [1.54, 1.807) is 30.3 Å². The number of carbonyl (C=O) groups is 1. The lowest BCUT2D eigenvalue weighted by Gasteiger charge is -2.24. The monoisotopic (exact) mass is 457 g/mol. The molecule has 31 heavy (non-hydrogen) atoms. The van der Waals surface area contributed by atoms with Gasteiger partial charge in [0.25, 0.3) is 15.9 Å². The lowest BCUT2D eigenvalue weighted by atomic mass is 10.1. The molecule has 0 unspecified atom stereocenters. The van der Waals surface area contributed by atoms with Crippen molar-refractivity contribution in [2.45, 2.75) is 30.1 Å². The van der Waals surface area contributed by atoms with Crippen LogP contribution in [0.25, 0.3) is 0 Å². The molecule has 8 nitrogen and oxygen atoms in total. The standard InChI is InChI=1S/C21H23N5O3S2/c1-15-14-17-10-5-6-11-18(17)26(15)13-7-12-22-31(28,29)21-25-24-20(30-21)23-19(27)16-8-3-2-4-9-16/h2-6,8-11,15,22H,7,12-14H2,1H3,(H,23,24,27)/t15-/m1/s1. The molecule has 2 N–H and O–H groups in total. The van der Waals surface area contributed by atoms with Gasteiger partial charge in [0, 0.05) is 30.4 Å². The van der Waals surface area contributed by atoms with Crippen molar-refractivity contribution < 1.29 is 13.2 Å². The number of rotatable bonds is 8. The average molecular weight is 458 g/mol. The second-order valence-corrected chi connectivity index (χ2v) is 10.2. The predicted octanol–water partition coefficient (Wildman–Crippen LogP) is 2.91. The van der Waals surface area contributed by atoms with Gasteiger partial charge in [0.2, 0.25) is 9.47 Å². The van der Waals surface area contributed by atoms with Gasteiger partial charge >= 0.3 is 0 Å². The van der Waals surface area contributed by atoms with Crippen LogP contribution in [0.2, 0.25) is 0 Å². The van der Waals surface area contributed by atoms with Crippen LogP contribution >= 0.6 is 11.3 Å². The Morgan fingerprint density at radius 1 is 1.13 bits per heavy atom. The Hall–Kier alpha value is -2.82. The second kappa shape index (κ2) is 9.13. The molecule has 0 bridgehead atoms. The molecule has 3 aromatic rings. The minimum Gasteiger partial charge on any atom is -0.368 e. The summed E-state index contributed by atoms with van der Waals surface area (Å²) in [5.41, 5.74) is 3.01. The van der Waals surface area contributed by atoms with Crippen molar-refractivity contribution in [3.63, 3.8) is 0 Å². The van der Waals surface area contributed by atoms with Gasteiger partial charge in [0.15, 0.2) is 0 Å². The third kappa shape index (κ3) is 4.92. The number of para-hydroxylation sites is 1. The first-order valence-electron chi connectivity index (χ1n) is 9.98. The van der Waals surface area contributed by atoms with Crippen LogP contribution in [0.1, 0.15) is 29.3 Å². The van der Waals surface area contributed by atoms with Crippen molar-refractivity contribution in [2.75, 3.05) is 23.3 Å². The third-order valence-electron chi connectivity index (χ3n) is 5.11. The number of sulfonamides is 1. The highest BCUT2D eigenvalue weighted by Crippen LogP contribution is 2.31. The van der Waals surface area contributed by atoms with Gasteiger partial charge in [-0.1, -0.05) is 47.7 Å². The van der Waals surface area contributed by atoms with Gasteiger partial charge in [-0.15, -0.1) is 10.2 Å². The van der Waals surface area contributed by atoms with Crippen molar-refractivity contribution in [3.8, 4) is 0 Å². The molecular formula is C21H23N5O3S2. The van der Waals surface area contributed by atoms with E-state index in [9.17, 15) is 13.2 Å². The number of nitrogens with one attached hydrogen (secondary N) is 2. The van der Waals surface area contributed by atoms with E-state index in [4.69, 9.17) is 0 Å². The van der Waals surface area contributed by atoms with Crippen LogP contribution in [0.4, 0.5) is 10.8 Å². The van der Waals surface area contributed by atoms with Crippen molar-refractivity contribution in [1.82, 2.24) is 14.9 Å². The molecule has 2 aromatic carbocycles. The van der Waals surface area contributed by atoms with Gasteiger partial charge in [0.1, 0.15) is 0 Å². The number of hydrogen-bond donors (Lipinski definition) is 2. The van der Waals surface area contributed by atoms with Crippen LogP contribution in [0.15, 0.2) is 58.9 Å². The molecule has 10 heteroatoms. The molecule has 0 fully saturated rings. The Balaban J connectivity index is 1.30. The van der Waals surface area contributed by atoms with Crippen molar-refractivity contribution in [2.24, 2.45) is 0 Å². The maximum Gasteiger partial charge on any atom is 0.269 e. The molecule has 1 aliphatic rings. The first kappa shape index (κ1) is 21.4. The number of nitrogens with zero attached hydrogens (tertiary/aromatic N) is 3. The zero-order chi connectivity index (χ0) is 21.8. The van der Waals surface area contributed by atoms with Gasteiger partial charge in [0.05, 0.1) is 0 Å². The van der Waals surface area contributed by atoms with Gasteiger partial charge in [-0.25, -0.2) is 13.1 Å². The number of anilines is 2. The highest BCUT2D eigenvalue weighted by molar-refractivity contribution is 7.91. The topological polar surface area (TPSA) is 104 Å².